The second-order valence-corrected chi connectivity index (χ2v) is 4.47. The molecule has 1 aliphatic heterocycles. The molecule has 0 radical (unpaired) electrons. The van der Waals surface area contributed by atoms with Crippen LogP contribution in [0.25, 0.3) is 0 Å². The van der Waals surface area contributed by atoms with Gasteiger partial charge in [0.2, 0.25) is 0 Å². The summed E-state index contributed by atoms with van der Waals surface area (Å²) in [6.07, 6.45) is 1.09. The second-order valence-electron chi connectivity index (χ2n) is 4.47. The third-order valence-corrected chi connectivity index (χ3v) is 3.03. The molecular formula is C13H18N4. The zero-order chi connectivity index (χ0) is 12.3. The number of nitrogens with one attached hydrogen (secondary N) is 1. The van der Waals surface area contributed by atoms with Crippen LogP contribution >= 0.6 is 0 Å². The number of nitriles is 1. The molecule has 1 fully saturated rings. The molecule has 1 aromatic heterocycles. The number of anilines is 1. The summed E-state index contributed by atoms with van der Waals surface area (Å²) in [5.74, 6) is 0.940. The van der Waals surface area contributed by atoms with Crippen molar-refractivity contribution in [3.63, 3.8) is 0 Å². The predicted octanol–water partition coefficient (Wildman–Crippen LogP) is 1.45. The van der Waals surface area contributed by atoms with Crippen LogP contribution in [0.2, 0.25) is 0 Å². The molecule has 0 amide bonds. The maximum absolute atomic E-state index is 9.00. The molecule has 0 unspecified atom stereocenters. The normalized spacial score (nSPS) is 15.1. The van der Waals surface area contributed by atoms with Gasteiger partial charge in [0.05, 0.1) is 17.7 Å². The molecule has 0 bridgehead atoms. The van der Waals surface area contributed by atoms with Gasteiger partial charge >= 0.3 is 0 Å². The highest BCUT2D eigenvalue weighted by Gasteiger charge is 2.25. The van der Waals surface area contributed by atoms with Gasteiger partial charge in [0, 0.05) is 25.3 Å². The first-order valence-corrected chi connectivity index (χ1v) is 6.10. The maximum atomic E-state index is 9.00. The highest BCUT2D eigenvalue weighted by atomic mass is 15.3. The Morgan fingerprint density at radius 2 is 2.29 bits per heavy atom. The van der Waals surface area contributed by atoms with Gasteiger partial charge in [-0.1, -0.05) is 6.92 Å². The predicted molar refractivity (Wildman–Crippen MR) is 68.0 cm³/mol. The zero-order valence-corrected chi connectivity index (χ0v) is 10.4. The number of aromatic nitrogens is 1. The van der Waals surface area contributed by atoms with Crippen LogP contribution in [-0.4, -0.2) is 30.7 Å². The number of hydrogen-bond acceptors (Lipinski definition) is 4. The van der Waals surface area contributed by atoms with Crippen molar-refractivity contribution in [3.8, 4) is 6.07 Å². The molecule has 0 spiro atoms. The molecule has 1 aliphatic rings. The number of hydrogen-bond donors (Lipinski definition) is 1. The topological polar surface area (TPSA) is 52.0 Å². The lowest BCUT2D eigenvalue weighted by molar-refractivity contribution is 0.410. The quantitative estimate of drug-likeness (QED) is 0.850. The second kappa shape index (κ2) is 5.15. The summed E-state index contributed by atoms with van der Waals surface area (Å²) in [6, 6.07) is 6.44. The number of aryl methyl sites for hydroxylation is 1. The van der Waals surface area contributed by atoms with E-state index in [9.17, 15) is 0 Å². The lowest BCUT2D eigenvalue weighted by atomic mass is 10.1. The zero-order valence-electron chi connectivity index (χ0n) is 10.4. The van der Waals surface area contributed by atoms with E-state index in [0.717, 1.165) is 37.6 Å². The standard InChI is InChI=1S/C13H18N4/c1-3-4-17(12-8-15-9-12)13-6-11(7-14)5-10(2)16-13/h5-6,12,15H,3-4,8-9H2,1-2H3. The third-order valence-electron chi connectivity index (χ3n) is 3.03. The van der Waals surface area contributed by atoms with Crippen LogP contribution in [-0.2, 0) is 0 Å². The van der Waals surface area contributed by atoms with Crippen LogP contribution in [0.15, 0.2) is 12.1 Å². The van der Waals surface area contributed by atoms with Gasteiger partial charge in [-0.25, -0.2) is 4.98 Å². The highest BCUT2D eigenvalue weighted by Crippen LogP contribution is 2.19. The number of rotatable bonds is 4. The lowest BCUT2D eigenvalue weighted by Gasteiger charge is -2.39. The van der Waals surface area contributed by atoms with Crippen molar-refractivity contribution >= 4 is 5.82 Å². The summed E-state index contributed by atoms with van der Waals surface area (Å²) in [7, 11) is 0. The Bertz CT molecular complexity index is 432. The van der Waals surface area contributed by atoms with Gasteiger partial charge in [-0.15, -0.1) is 0 Å². The summed E-state index contributed by atoms with van der Waals surface area (Å²) in [4.78, 5) is 6.86. The Hall–Kier alpha value is -1.60. The van der Waals surface area contributed by atoms with Crippen LogP contribution in [0, 0.1) is 18.3 Å². The van der Waals surface area contributed by atoms with Crippen LogP contribution in [0.1, 0.15) is 24.6 Å². The molecule has 0 aliphatic carbocycles. The van der Waals surface area contributed by atoms with E-state index in [2.05, 4.69) is 28.2 Å². The van der Waals surface area contributed by atoms with Crippen molar-refractivity contribution in [1.29, 1.82) is 5.26 Å². The van der Waals surface area contributed by atoms with E-state index in [1.54, 1.807) is 0 Å². The highest BCUT2D eigenvalue weighted by molar-refractivity contribution is 5.48. The van der Waals surface area contributed by atoms with Crippen LogP contribution in [0.3, 0.4) is 0 Å². The Morgan fingerprint density at radius 1 is 1.53 bits per heavy atom. The van der Waals surface area contributed by atoms with Gasteiger partial charge in [-0.3, -0.25) is 0 Å². The Kier molecular flexibility index (Phi) is 3.60. The Morgan fingerprint density at radius 3 is 2.82 bits per heavy atom. The van der Waals surface area contributed by atoms with Gasteiger partial charge < -0.3 is 10.2 Å². The first-order valence-electron chi connectivity index (χ1n) is 6.10. The summed E-state index contributed by atoms with van der Waals surface area (Å²) >= 11 is 0. The van der Waals surface area contributed by atoms with E-state index in [1.807, 2.05) is 19.1 Å². The van der Waals surface area contributed by atoms with Gasteiger partial charge in [0.1, 0.15) is 5.82 Å². The molecule has 0 saturated carbocycles. The largest absolute Gasteiger partial charge is 0.351 e. The van der Waals surface area contributed by atoms with Gasteiger partial charge in [-0.05, 0) is 25.5 Å². The molecule has 2 rings (SSSR count). The molecular weight excluding hydrogens is 212 g/mol. The van der Waals surface area contributed by atoms with Crippen molar-refractivity contribution in [3.05, 3.63) is 23.4 Å². The summed E-state index contributed by atoms with van der Waals surface area (Å²) < 4.78 is 0. The molecule has 1 N–H and O–H groups in total. The molecule has 90 valence electrons. The maximum Gasteiger partial charge on any atom is 0.130 e. The van der Waals surface area contributed by atoms with Crippen LogP contribution < -0.4 is 10.2 Å². The molecule has 4 heteroatoms. The molecule has 4 nitrogen and oxygen atoms in total. The van der Waals surface area contributed by atoms with Gasteiger partial charge in [0.15, 0.2) is 0 Å². The number of pyridine rings is 1. The third kappa shape index (κ3) is 2.56. The van der Waals surface area contributed by atoms with Crippen molar-refractivity contribution in [2.24, 2.45) is 0 Å². The van der Waals surface area contributed by atoms with E-state index in [0.29, 0.717) is 11.6 Å². The van der Waals surface area contributed by atoms with Gasteiger partial charge in [-0.2, -0.15) is 5.26 Å². The molecule has 0 atom stereocenters. The fourth-order valence-corrected chi connectivity index (χ4v) is 2.08. The fraction of sp³-hybridized carbons (Fsp3) is 0.538. The first kappa shape index (κ1) is 11.9. The molecule has 1 aromatic rings. The summed E-state index contributed by atoms with van der Waals surface area (Å²) in [6.45, 7) is 7.12. The molecule has 0 aromatic carbocycles. The van der Waals surface area contributed by atoms with Crippen LogP contribution in [0.4, 0.5) is 5.82 Å². The van der Waals surface area contributed by atoms with Crippen molar-refractivity contribution in [1.82, 2.24) is 10.3 Å². The average Bonchev–Trinajstić information content (AvgIpc) is 2.25. The molecule has 1 saturated heterocycles. The SMILES string of the molecule is CCCN(c1cc(C#N)cc(C)n1)C1CNC1. The van der Waals surface area contributed by atoms with Crippen molar-refractivity contribution in [2.75, 3.05) is 24.5 Å². The van der Waals surface area contributed by atoms with E-state index in [-0.39, 0.29) is 0 Å². The van der Waals surface area contributed by atoms with E-state index in [4.69, 9.17) is 5.26 Å². The molecule has 17 heavy (non-hydrogen) atoms. The minimum Gasteiger partial charge on any atom is -0.351 e. The minimum atomic E-state index is 0.524. The fourth-order valence-electron chi connectivity index (χ4n) is 2.08. The Labute approximate surface area is 102 Å². The molecule has 2 heterocycles. The summed E-state index contributed by atoms with van der Waals surface area (Å²) in [5, 5.41) is 12.3. The minimum absolute atomic E-state index is 0.524. The van der Waals surface area contributed by atoms with Crippen molar-refractivity contribution < 1.29 is 0 Å². The van der Waals surface area contributed by atoms with E-state index < -0.39 is 0 Å². The Balaban J connectivity index is 2.28. The van der Waals surface area contributed by atoms with E-state index in [1.165, 1.54) is 0 Å². The summed E-state index contributed by atoms with van der Waals surface area (Å²) in [5.41, 5.74) is 1.60. The average molecular weight is 230 g/mol. The number of nitrogens with zero attached hydrogens (tertiary/aromatic N) is 3. The van der Waals surface area contributed by atoms with Gasteiger partial charge in [0.25, 0.3) is 0 Å². The van der Waals surface area contributed by atoms with E-state index >= 15 is 0 Å². The van der Waals surface area contributed by atoms with Crippen molar-refractivity contribution in [2.45, 2.75) is 26.3 Å². The van der Waals surface area contributed by atoms with Crippen LogP contribution in [0.5, 0.6) is 0 Å². The lowest BCUT2D eigenvalue weighted by Crippen LogP contribution is -2.57. The first-order chi connectivity index (χ1) is 8.24. The smallest absolute Gasteiger partial charge is 0.130 e. The monoisotopic (exact) mass is 230 g/mol.